The van der Waals surface area contributed by atoms with Crippen molar-refractivity contribution in [1.29, 1.82) is 0 Å². The number of aliphatic hydroxyl groups is 1. The largest absolute Gasteiger partial charge is 0.393 e. The third-order valence-electron chi connectivity index (χ3n) is 7.75. The monoisotopic (exact) mass is 454 g/mol. The molecule has 0 amide bonds. The third kappa shape index (κ3) is 11.1. The van der Waals surface area contributed by atoms with Gasteiger partial charge in [-0.1, -0.05) is 89.6 Å². The molecule has 1 aliphatic carbocycles. The zero-order valence-electron chi connectivity index (χ0n) is 22.6. The minimum absolute atomic E-state index is 0.161. The van der Waals surface area contributed by atoms with Gasteiger partial charge in [-0.25, -0.2) is 0 Å². The molecule has 1 fully saturated rings. The molecular weight excluding hydrogens is 400 g/mol. The molecule has 0 aromatic rings. The van der Waals surface area contributed by atoms with Crippen LogP contribution in [0.4, 0.5) is 0 Å². The first kappa shape index (κ1) is 29.7. The molecule has 0 bridgehead atoms. The van der Waals surface area contributed by atoms with E-state index in [4.69, 9.17) is 0 Å². The maximum absolute atomic E-state index is 10.8. The highest BCUT2D eigenvalue weighted by molar-refractivity contribution is 5.30. The van der Waals surface area contributed by atoms with Crippen LogP contribution >= 0.6 is 0 Å². The molecule has 188 valence electrons. The van der Waals surface area contributed by atoms with Gasteiger partial charge in [0.05, 0.1) is 6.10 Å². The molecule has 0 aromatic carbocycles. The van der Waals surface area contributed by atoms with E-state index in [0.29, 0.717) is 23.7 Å². The molecule has 33 heavy (non-hydrogen) atoms. The number of hydrogen-bond donors (Lipinski definition) is 1. The molecule has 5 atom stereocenters. The fourth-order valence-corrected chi connectivity index (χ4v) is 5.53. The number of hydrogen-bond acceptors (Lipinski definition) is 1. The second kappa shape index (κ2) is 17.1. The Hall–Kier alpha value is -1.34. The van der Waals surface area contributed by atoms with Gasteiger partial charge in [0.1, 0.15) is 0 Å². The van der Waals surface area contributed by atoms with E-state index >= 15 is 0 Å². The quantitative estimate of drug-likeness (QED) is 0.132. The van der Waals surface area contributed by atoms with Gasteiger partial charge in [-0.3, -0.25) is 0 Å². The first-order valence-electron chi connectivity index (χ1n) is 13.9. The van der Waals surface area contributed by atoms with Gasteiger partial charge in [-0.15, -0.1) is 0 Å². The van der Waals surface area contributed by atoms with Gasteiger partial charge >= 0.3 is 0 Å². The molecule has 0 aromatic heterocycles. The van der Waals surface area contributed by atoms with Gasteiger partial charge in [-0.05, 0) is 106 Å². The number of aliphatic hydroxyl groups excluding tert-OH is 1. The second-order valence-corrected chi connectivity index (χ2v) is 10.5. The Morgan fingerprint density at radius 3 is 2.42 bits per heavy atom. The lowest BCUT2D eigenvalue weighted by Gasteiger charge is -2.23. The Kier molecular flexibility index (Phi) is 15.4. The second-order valence-electron chi connectivity index (χ2n) is 10.5. The fraction of sp³-hybridized carbons (Fsp3) is 0.688. The van der Waals surface area contributed by atoms with Crippen LogP contribution < -0.4 is 0 Å². The Bertz CT molecular complexity index is 649. The van der Waals surface area contributed by atoms with Crippen LogP contribution in [0.15, 0.2) is 60.3 Å². The standard InChI is InChI=1S/C32H54O/c1-8-12-18-25(5)19-15-13-14-16-20-30-27(7)23-32(33)31(30)22-21-28(10-3)24-29(11-4)26(6)17-9-2/h10-11,14,16,24,26-27,30-33H,3,5,8-9,12-13,15,17-23H2,1-2,4,6-7H3/b16-14-,28-24+,29-11+/t26?,27?,30-,31?,32+/m0/s1. The van der Waals surface area contributed by atoms with Gasteiger partial charge in [0.2, 0.25) is 0 Å². The maximum atomic E-state index is 10.8. The summed E-state index contributed by atoms with van der Waals surface area (Å²) >= 11 is 0. The van der Waals surface area contributed by atoms with Crippen molar-refractivity contribution in [3.05, 3.63) is 60.3 Å². The summed E-state index contributed by atoms with van der Waals surface area (Å²) < 4.78 is 0. The highest BCUT2D eigenvalue weighted by atomic mass is 16.3. The summed E-state index contributed by atoms with van der Waals surface area (Å²) in [7, 11) is 0. The molecule has 1 nitrogen and oxygen atoms in total. The molecule has 1 aliphatic rings. The predicted molar refractivity (Wildman–Crippen MR) is 148 cm³/mol. The summed E-state index contributed by atoms with van der Waals surface area (Å²) in [6.45, 7) is 19.6. The average Bonchev–Trinajstić information content (AvgIpc) is 3.07. The Morgan fingerprint density at radius 2 is 1.79 bits per heavy atom. The van der Waals surface area contributed by atoms with E-state index in [1.54, 1.807) is 0 Å². The van der Waals surface area contributed by atoms with Crippen LogP contribution in [-0.4, -0.2) is 11.2 Å². The summed E-state index contributed by atoms with van der Waals surface area (Å²) in [5.74, 6) is 2.16. The summed E-state index contributed by atoms with van der Waals surface area (Å²) in [6.07, 6.45) is 25.0. The maximum Gasteiger partial charge on any atom is 0.0574 e. The van der Waals surface area contributed by atoms with E-state index in [1.165, 1.54) is 55.2 Å². The van der Waals surface area contributed by atoms with Crippen LogP contribution in [-0.2, 0) is 0 Å². The van der Waals surface area contributed by atoms with Crippen molar-refractivity contribution in [3.63, 3.8) is 0 Å². The van der Waals surface area contributed by atoms with E-state index in [0.717, 1.165) is 38.5 Å². The number of rotatable bonds is 17. The van der Waals surface area contributed by atoms with E-state index in [9.17, 15) is 5.11 Å². The van der Waals surface area contributed by atoms with Crippen LogP contribution in [0, 0.1) is 23.7 Å². The van der Waals surface area contributed by atoms with Gasteiger partial charge in [-0.2, -0.15) is 0 Å². The van der Waals surface area contributed by atoms with E-state index in [1.807, 2.05) is 6.08 Å². The highest BCUT2D eigenvalue weighted by Gasteiger charge is 2.38. The first-order valence-corrected chi connectivity index (χ1v) is 13.9. The molecule has 1 N–H and O–H groups in total. The van der Waals surface area contributed by atoms with Crippen molar-refractivity contribution in [2.45, 2.75) is 118 Å². The van der Waals surface area contributed by atoms with Crippen molar-refractivity contribution < 1.29 is 5.11 Å². The Labute approximate surface area is 206 Å². The van der Waals surface area contributed by atoms with Gasteiger partial charge in [0, 0.05) is 0 Å². The smallest absolute Gasteiger partial charge is 0.0574 e. The minimum atomic E-state index is -0.161. The third-order valence-corrected chi connectivity index (χ3v) is 7.75. The summed E-state index contributed by atoms with van der Waals surface area (Å²) in [5.41, 5.74) is 4.15. The van der Waals surface area contributed by atoms with Crippen molar-refractivity contribution in [3.8, 4) is 0 Å². The molecular formula is C32H54O. The molecule has 0 heterocycles. The molecule has 3 unspecified atom stereocenters. The van der Waals surface area contributed by atoms with Crippen LogP contribution in [0.3, 0.4) is 0 Å². The molecule has 1 saturated carbocycles. The van der Waals surface area contributed by atoms with Crippen LogP contribution in [0.2, 0.25) is 0 Å². The molecule has 0 radical (unpaired) electrons. The molecule has 0 saturated heterocycles. The van der Waals surface area contributed by atoms with Gasteiger partial charge < -0.3 is 5.11 Å². The zero-order chi connectivity index (χ0) is 24.6. The summed E-state index contributed by atoms with van der Waals surface area (Å²) in [6, 6.07) is 0. The molecule has 0 aliphatic heterocycles. The lowest BCUT2D eigenvalue weighted by molar-refractivity contribution is 0.112. The van der Waals surface area contributed by atoms with Crippen molar-refractivity contribution in [2.24, 2.45) is 23.7 Å². The van der Waals surface area contributed by atoms with Crippen LogP contribution in [0.25, 0.3) is 0 Å². The van der Waals surface area contributed by atoms with E-state index in [2.05, 4.69) is 72.1 Å². The topological polar surface area (TPSA) is 20.2 Å². The van der Waals surface area contributed by atoms with Gasteiger partial charge in [0.15, 0.2) is 0 Å². The molecule has 0 spiro atoms. The fourth-order valence-electron chi connectivity index (χ4n) is 5.53. The summed E-state index contributed by atoms with van der Waals surface area (Å²) in [4.78, 5) is 0. The molecule has 1 rings (SSSR count). The SMILES string of the molecule is C=C/C(=C\C(=C/C)C(C)CCC)CCC1[C@@H](C/C=C\CCCC(=C)CCCC)C(C)C[C@H]1O. The molecule has 1 heteroatoms. The summed E-state index contributed by atoms with van der Waals surface area (Å²) in [5, 5.41) is 10.8. The number of allylic oxidation sites excluding steroid dienone is 8. The van der Waals surface area contributed by atoms with E-state index < -0.39 is 0 Å². The normalized spacial score (nSPS) is 25.0. The first-order chi connectivity index (χ1) is 15.9. The Balaban J connectivity index is 2.59. The van der Waals surface area contributed by atoms with Crippen LogP contribution in [0.1, 0.15) is 112 Å². The van der Waals surface area contributed by atoms with Crippen molar-refractivity contribution in [2.75, 3.05) is 0 Å². The lowest BCUT2D eigenvalue weighted by atomic mass is 9.83. The van der Waals surface area contributed by atoms with Crippen molar-refractivity contribution in [1.82, 2.24) is 0 Å². The minimum Gasteiger partial charge on any atom is -0.393 e. The lowest BCUT2D eigenvalue weighted by Crippen LogP contribution is -2.20. The Morgan fingerprint density at radius 1 is 1.06 bits per heavy atom. The van der Waals surface area contributed by atoms with E-state index in [-0.39, 0.29) is 6.10 Å². The van der Waals surface area contributed by atoms with Crippen LogP contribution in [0.5, 0.6) is 0 Å². The van der Waals surface area contributed by atoms with Crippen molar-refractivity contribution >= 4 is 0 Å². The highest BCUT2D eigenvalue weighted by Crippen LogP contribution is 2.42. The zero-order valence-corrected chi connectivity index (χ0v) is 22.6. The predicted octanol–water partition coefficient (Wildman–Crippen LogP) is 9.76. The number of unbranched alkanes of at least 4 members (excludes halogenated alkanes) is 2. The van der Waals surface area contributed by atoms with Gasteiger partial charge in [0.25, 0.3) is 0 Å². The average molecular weight is 455 g/mol.